The molecule has 1 saturated carbocycles. The Balaban J connectivity index is 1.46. The number of carbonyl (C=O) groups is 1. The number of pyridine rings is 1. The molecule has 0 unspecified atom stereocenters. The van der Waals surface area contributed by atoms with Crippen LogP contribution in [0, 0.1) is 5.41 Å². The predicted octanol–water partition coefficient (Wildman–Crippen LogP) is 4.56. The van der Waals surface area contributed by atoms with Crippen LogP contribution in [-0.2, 0) is 6.54 Å². The van der Waals surface area contributed by atoms with Gasteiger partial charge in [0.15, 0.2) is 5.78 Å². The molecule has 0 atom stereocenters. The van der Waals surface area contributed by atoms with E-state index in [1.165, 1.54) is 30.7 Å². The normalized spacial score (nSPS) is 13.3. The quantitative estimate of drug-likeness (QED) is 0.325. The Morgan fingerprint density at radius 2 is 1.85 bits per heavy atom. The largest absolute Gasteiger partial charge is 0.312 e. The monoisotopic (exact) mass is 457 g/mol. The molecule has 7 heteroatoms. The molecule has 0 aliphatic heterocycles. The lowest BCUT2D eigenvalue weighted by Gasteiger charge is -2.17. The number of nitrogens with one attached hydrogen (secondary N) is 2. The highest BCUT2D eigenvalue weighted by Gasteiger charge is 2.20. The Bertz CT molecular complexity index is 1220. The standard InChI is InChI=1S/C27H31N5O2/c1-3-22(4-2)32-17-20(9-12-27(32)34)24-15-29-16-25(31-24)26(33)13-23(28)19-7-5-18(6-8-19)14-30-21-10-11-21/h5-9,12,15-17,21-22,28,30H,3-4,10-11,13-14H2,1-2H3. The van der Waals surface area contributed by atoms with Crippen LogP contribution in [0.3, 0.4) is 0 Å². The minimum Gasteiger partial charge on any atom is -0.312 e. The Kier molecular flexibility index (Phi) is 7.43. The van der Waals surface area contributed by atoms with Gasteiger partial charge in [-0.3, -0.25) is 14.6 Å². The van der Waals surface area contributed by atoms with Crippen molar-refractivity contribution >= 4 is 11.5 Å². The highest BCUT2D eigenvalue weighted by Crippen LogP contribution is 2.21. The van der Waals surface area contributed by atoms with Crippen molar-refractivity contribution < 1.29 is 4.79 Å². The van der Waals surface area contributed by atoms with Gasteiger partial charge < -0.3 is 15.3 Å². The first-order chi connectivity index (χ1) is 16.5. The molecule has 1 aliphatic rings. The molecule has 0 saturated heterocycles. The lowest BCUT2D eigenvalue weighted by Crippen LogP contribution is -2.23. The van der Waals surface area contributed by atoms with Crippen molar-refractivity contribution in [3.8, 4) is 11.3 Å². The summed E-state index contributed by atoms with van der Waals surface area (Å²) in [5.41, 5.74) is 3.58. The fraction of sp³-hybridized carbons (Fsp3) is 0.370. The van der Waals surface area contributed by atoms with Crippen LogP contribution in [0.1, 0.15) is 73.6 Å². The molecule has 1 aliphatic carbocycles. The van der Waals surface area contributed by atoms with E-state index in [1.54, 1.807) is 23.0 Å². The van der Waals surface area contributed by atoms with Gasteiger partial charge in [-0.05, 0) is 42.9 Å². The van der Waals surface area contributed by atoms with Gasteiger partial charge in [-0.1, -0.05) is 38.1 Å². The van der Waals surface area contributed by atoms with E-state index in [4.69, 9.17) is 5.41 Å². The third kappa shape index (κ3) is 5.72. The van der Waals surface area contributed by atoms with E-state index in [9.17, 15) is 9.59 Å². The average molecular weight is 458 g/mol. The van der Waals surface area contributed by atoms with Gasteiger partial charge in [-0.25, -0.2) is 4.98 Å². The topological polar surface area (TPSA) is 101 Å². The smallest absolute Gasteiger partial charge is 0.250 e. The second-order valence-corrected chi connectivity index (χ2v) is 8.85. The Morgan fingerprint density at radius 1 is 1.12 bits per heavy atom. The Hall–Kier alpha value is -3.45. The van der Waals surface area contributed by atoms with E-state index in [2.05, 4.69) is 29.1 Å². The maximum absolute atomic E-state index is 12.9. The Morgan fingerprint density at radius 3 is 2.53 bits per heavy atom. The van der Waals surface area contributed by atoms with Crippen LogP contribution in [0.4, 0.5) is 0 Å². The van der Waals surface area contributed by atoms with Gasteiger partial charge in [0.2, 0.25) is 0 Å². The van der Waals surface area contributed by atoms with Crippen molar-refractivity contribution in [2.75, 3.05) is 0 Å². The summed E-state index contributed by atoms with van der Waals surface area (Å²) in [6.07, 6.45) is 8.96. The zero-order valence-electron chi connectivity index (χ0n) is 19.8. The van der Waals surface area contributed by atoms with Gasteiger partial charge in [-0.15, -0.1) is 0 Å². The number of aromatic nitrogens is 3. The molecule has 1 aromatic carbocycles. The van der Waals surface area contributed by atoms with E-state index in [-0.39, 0.29) is 35.2 Å². The maximum Gasteiger partial charge on any atom is 0.250 e. The SMILES string of the molecule is CCC(CC)n1cc(-c2cncc(C(=O)CC(=N)c3ccc(CNC4CC4)cc3)n2)ccc1=O. The number of rotatable bonds is 11. The second kappa shape index (κ2) is 10.7. The highest BCUT2D eigenvalue weighted by molar-refractivity contribution is 6.14. The zero-order valence-corrected chi connectivity index (χ0v) is 19.8. The zero-order chi connectivity index (χ0) is 24.1. The van der Waals surface area contributed by atoms with Crippen molar-refractivity contribution in [2.24, 2.45) is 0 Å². The lowest BCUT2D eigenvalue weighted by molar-refractivity contribution is 0.0995. The summed E-state index contributed by atoms with van der Waals surface area (Å²) >= 11 is 0. The van der Waals surface area contributed by atoms with E-state index < -0.39 is 0 Å². The molecule has 2 N–H and O–H groups in total. The first kappa shape index (κ1) is 23.7. The molecule has 0 spiro atoms. The van der Waals surface area contributed by atoms with Gasteiger partial charge in [0.1, 0.15) is 5.69 Å². The van der Waals surface area contributed by atoms with Crippen LogP contribution in [0.5, 0.6) is 0 Å². The molecule has 2 heterocycles. The number of carbonyl (C=O) groups excluding carboxylic acids is 1. The number of hydrogen-bond donors (Lipinski definition) is 2. The first-order valence-corrected chi connectivity index (χ1v) is 12.0. The molecular formula is C27H31N5O2. The van der Waals surface area contributed by atoms with Crippen LogP contribution in [0.2, 0.25) is 0 Å². The van der Waals surface area contributed by atoms with Gasteiger partial charge in [-0.2, -0.15) is 0 Å². The molecule has 1 fully saturated rings. The van der Waals surface area contributed by atoms with Crippen molar-refractivity contribution in [2.45, 2.75) is 64.6 Å². The summed E-state index contributed by atoms with van der Waals surface area (Å²) in [6, 6.07) is 11.8. The van der Waals surface area contributed by atoms with Crippen LogP contribution < -0.4 is 10.9 Å². The summed E-state index contributed by atoms with van der Waals surface area (Å²) in [5, 5.41) is 11.9. The first-order valence-electron chi connectivity index (χ1n) is 12.0. The number of nitrogens with zero attached hydrogens (tertiary/aromatic N) is 3. The molecule has 2 aromatic heterocycles. The predicted molar refractivity (Wildman–Crippen MR) is 133 cm³/mol. The molecule has 34 heavy (non-hydrogen) atoms. The van der Waals surface area contributed by atoms with Crippen molar-refractivity contribution in [3.05, 3.63) is 82.2 Å². The number of hydrogen-bond acceptors (Lipinski definition) is 6. The van der Waals surface area contributed by atoms with Gasteiger partial charge >= 0.3 is 0 Å². The van der Waals surface area contributed by atoms with Crippen molar-refractivity contribution in [1.29, 1.82) is 5.41 Å². The van der Waals surface area contributed by atoms with Gasteiger partial charge in [0.05, 0.1) is 24.5 Å². The molecule has 0 amide bonds. The minimum absolute atomic E-state index is 0.0506. The summed E-state index contributed by atoms with van der Waals surface area (Å²) < 4.78 is 1.73. The average Bonchev–Trinajstić information content (AvgIpc) is 3.69. The van der Waals surface area contributed by atoms with Crippen LogP contribution in [-0.4, -0.2) is 32.1 Å². The molecule has 4 rings (SSSR count). The summed E-state index contributed by atoms with van der Waals surface area (Å²) in [7, 11) is 0. The summed E-state index contributed by atoms with van der Waals surface area (Å²) in [6.45, 7) is 4.93. The number of ketones is 1. The van der Waals surface area contributed by atoms with Crippen LogP contribution in [0.25, 0.3) is 11.3 Å². The van der Waals surface area contributed by atoms with Crippen molar-refractivity contribution in [1.82, 2.24) is 19.9 Å². The Labute approximate surface area is 199 Å². The lowest BCUT2D eigenvalue weighted by atomic mass is 10.0. The molecule has 176 valence electrons. The number of benzene rings is 1. The molecule has 3 aromatic rings. The fourth-order valence-electron chi connectivity index (χ4n) is 3.99. The maximum atomic E-state index is 12.9. The fourth-order valence-corrected chi connectivity index (χ4v) is 3.99. The minimum atomic E-state index is -0.257. The van der Waals surface area contributed by atoms with Gasteiger partial charge in [0, 0.05) is 42.2 Å². The van der Waals surface area contributed by atoms with Crippen molar-refractivity contribution in [3.63, 3.8) is 0 Å². The van der Waals surface area contributed by atoms with E-state index in [1.807, 2.05) is 24.3 Å². The van der Waals surface area contributed by atoms with E-state index in [0.717, 1.165) is 30.5 Å². The third-order valence-electron chi connectivity index (χ3n) is 6.30. The van der Waals surface area contributed by atoms with Crippen LogP contribution in [0.15, 0.2) is 59.8 Å². The van der Waals surface area contributed by atoms with E-state index in [0.29, 0.717) is 11.7 Å². The van der Waals surface area contributed by atoms with Gasteiger partial charge in [0.25, 0.3) is 5.56 Å². The summed E-state index contributed by atoms with van der Waals surface area (Å²) in [5.74, 6) is -0.257. The molecule has 0 bridgehead atoms. The van der Waals surface area contributed by atoms with Crippen LogP contribution >= 0.6 is 0 Å². The molecular weight excluding hydrogens is 426 g/mol. The second-order valence-electron chi connectivity index (χ2n) is 8.85. The number of Topliss-reactive ketones (excluding diaryl/α,β-unsaturated/α-hetero) is 1. The third-order valence-corrected chi connectivity index (χ3v) is 6.30. The van der Waals surface area contributed by atoms with E-state index >= 15 is 0 Å². The molecule has 7 nitrogen and oxygen atoms in total. The summed E-state index contributed by atoms with van der Waals surface area (Å²) in [4.78, 5) is 33.9. The molecule has 0 radical (unpaired) electrons. The highest BCUT2D eigenvalue weighted by atomic mass is 16.1.